The molecule has 1 heterocycles. The van der Waals surface area contributed by atoms with Crippen LogP contribution in [-0.4, -0.2) is 9.97 Å². The third-order valence-corrected chi connectivity index (χ3v) is 17.8. The molecule has 0 fully saturated rings. The highest BCUT2D eigenvalue weighted by Gasteiger charge is 2.53. The third-order valence-electron chi connectivity index (χ3n) is 17.8. The van der Waals surface area contributed by atoms with Crippen LogP contribution in [-0.2, 0) is 10.8 Å². The molecule has 2 heteroatoms. The van der Waals surface area contributed by atoms with Crippen molar-refractivity contribution < 1.29 is 0 Å². The van der Waals surface area contributed by atoms with Gasteiger partial charge in [-0.25, -0.2) is 9.97 Å². The SMILES string of the molecule is C1=CC2=C(CC1)C1(c3cc(-c4ccc(-c5nc6cc7ccccc7cc6nc5-c5ccc(-c6ccc7c(c6)C6(c8ccccc8-c8ccccc86)c6ccccc6-7)cc5)cc4)ccc32)c2ccccc2-c2ccccc21. The molecule has 5 aliphatic rings. The van der Waals surface area contributed by atoms with E-state index in [0.29, 0.717) is 0 Å². The summed E-state index contributed by atoms with van der Waals surface area (Å²) < 4.78 is 0. The molecule has 2 spiro atoms. The van der Waals surface area contributed by atoms with Gasteiger partial charge in [0, 0.05) is 11.1 Å². The molecule has 1 aromatic heterocycles. The number of aromatic nitrogens is 2. The molecule has 0 aliphatic heterocycles. The summed E-state index contributed by atoms with van der Waals surface area (Å²) in [6.07, 6.45) is 6.86. The minimum absolute atomic E-state index is 0.309. The first kappa shape index (κ1) is 41.9. The van der Waals surface area contributed by atoms with Crippen molar-refractivity contribution in [2.45, 2.75) is 23.7 Å². The minimum atomic E-state index is -0.393. The molecule has 0 bridgehead atoms. The van der Waals surface area contributed by atoms with Crippen LogP contribution in [0.15, 0.2) is 260 Å². The summed E-state index contributed by atoms with van der Waals surface area (Å²) in [5.41, 5.74) is 31.4. The molecule has 5 aliphatic carbocycles. The molecule has 0 amide bonds. The van der Waals surface area contributed by atoms with E-state index in [-0.39, 0.29) is 5.41 Å². The summed E-state index contributed by atoms with van der Waals surface area (Å²) in [5.74, 6) is 0. The summed E-state index contributed by atoms with van der Waals surface area (Å²) in [5, 5.41) is 2.31. The smallest absolute Gasteiger partial charge is 0.0973 e. The van der Waals surface area contributed by atoms with Gasteiger partial charge in [-0.3, -0.25) is 0 Å². The van der Waals surface area contributed by atoms with Gasteiger partial charge in [0.15, 0.2) is 0 Å². The number of hydrogen-bond donors (Lipinski definition) is 0. The van der Waals surface area contributed by atoms with Crippen LogP contribution in [0.2, 0.25) is 0 Å². The lowest BCUT2D eigenvalue weighted by Crippen LogP contribution is -2.27. The van der Waals surface area contributed by atoms with Crippen LogP contribution in [0.25, 0.3) is 106 Å². The van der Waals surface area contributed by atoms with Crippen LogP contribution in [0.3, 0.4) is 0 Å². The van der Waals surface area contributed by atoms with E-state index < -0.39 is 5.41 Å². The second-order valence-electron chi connectivity index (χ2n) is 21.3. The van der Waals surface area contributed by atoms with Crippen LogP contribution in [0.5, 0.6) is 0 Å². The predicted molar refractivity (Wildman–Crippen MR) is 312 cm³/mol. The van der Waals surface area contributed by atoms with E-state index in [1.165, 1.54) is 106 Å². The van der Waals surface area contributed by atoms with Gasteiger partial charge in [-0.15, -0.1) is 0 Å². The Morgan fingerprint density at radius 1 is 0.289 bits per heavy atom. The first-order valence-electron chi connectivity index (χ1n) is 26.8. The first-order valence-corrected chi connectivity index (χ1v) is 26.8. The second-order valence-corrected chi connectivity index (χ2v) is 21.3. The lowest BCUT2D eigenvalue weighted by Gasteiger charge is -2.33. The van der Waals surface area contributed by atoms with E-state index in [0.717, 1.165) is 62.7 Å². The van der Waals surface area contributed by atoms with E-state index in [2.05, 4.69) is 255 Å². The zero-order valence-electron chi connectivity index (χ0n) is 41.6. The van der Waals surface area contributed by atoms with Gasteiger partial charge in [-0.2, -0.15) is 0 Å². The zero-order valence-corrected chi connectivity index (χ0v) is 41.6. The van der Waals surface area contributed by atoms with Crippen molar-refractivity contribution in [1.29, 1.82) is 0 Å². The molecule has 352 valence electrons. The van der Waals surface area contributed by atoms with Gasteiger partial charge in [-0.1, -0.05) is 231 Å². The van der Waals surface area contributed by atoms with Gasteiger partial charge in [-0.05, 0) is 159 Å². The van der Waals surface area contributed by atoms with Crippen LogP contribution in [0, 0.1) is 0 Å². The molecule has 17 rings (SSSR count). The van der Waals surface area contributed by atoms with Gasteiger partial charge in [0.2, 0.25) is 0 Å². The Morgan fingerprint density at radius 3 is 1.11 bits per heavy atom. The van der Waals surface area contributed by atoms with Crippen molar-refractivity contribution in [3.63, 3.8) is 0 Å². The predicted octanol–water partition coefficient (Wildman–Crippen LogP) is 18.2. The number of allylic oxidation sites excluding steroid dienone is 4. The highest BCUT2D eigenvalue weighted by Crippen LogP contribution is 2.65. The molecule has 0 unspecified atom stereocenters. The summed E-state index contributed by atoms with van der Waals surface area (Å²) in [4.78, 5) is 11.0. The monoisotopic (exact) mass is 962 g/mol. The Bertz CT molecular complexity index is 4460. The Hall–Kier alpha value is -9.50. The van der Waals surface area contributed by atoms with Crippen LogP contribution in [0.1, 0.15) is 57.3 Å². The second kappa shape index (κ2) is 15.5. The van der Waals surface area contributed by atoms with E-state index in [9.17, 15) is 0 Å². The lowest BCUT2D eigenvalue weighted by atomic mass is 9.68. The van der Waals surface area contributed by atoms with Crippen molar-refractivity contribution in [3.05, 3.63) is 305 Å². The van der Waals surface area contributed by atoms with Crippen LogP contribution >= 0.6 is 0 Å². The van der Waals surface area contributed by atoms with Crippen molar-refractivity contribution in [2.75, 3.05) is 0 Å². The maximum atomic E-state index is 5.50. The maximum absolute atomic E-state index is 5.50. The van der Waals surface area contributed by atoms with Crippen molar-refractivity contribution in [3.8, 4) is 78.1 Å². The molecule has 0 saturated heterocycles. The molecular formula is C74H46N2. The van der Waals surface area contributed by atoms with Crippen LogP contribution in [0.4, 0.5) is 0 Å². The van der Waals surface area contributed by atoms with Crippen molar-refractivity contribution in [1.82, 2.24) is 9.97 Å². The minimum Gasteiger partial charge on any atom is -0.244 e. The van der Waals surface area contributed by atoms with E-state index in [1.54, 1.807) is 0 Å². The lowest BCUT2D eigenvalue weighted by molar-refractivity contribution is 0.714. The van der Waals surface area contributed by atoms with Crippen LogP contribution < -0.4 is 0 Å². The zero-order chi connectivity index (χ0) is 49.7. The van der Waals surface area contributed by atoms with E-state index >= 15 is 0 Å². The number of fused-ring (bicyclic) bond motifs is 21. The third kappa shape index (κ3) is 5.50. The summed E-state index contributed by atoms with van der Waals surface area (Å²) in [6.45, 7) is 0. The quantitative estimate of drug-likeness (QED) is 0.164. The standard InChI is InChI=1S/C74H46N2/c1-2-16-50-44-70-69(43-49(50)15-1)75-71(47-33-29-45(30-34-47)51-37-39-59-57-21-7-13-27-65(57)73(67(59)41-51)61-23-9-3-17-53(61)54-18-4-10-24-62(54)73)72(76-70)48-35-31-46(32-36-48)52-38-40-60-58-22-8-14-28-66(58)74(68(60)42-52)63-25-11-5-19-55(63)56-20-6-12-26-64(56)74/h1-13,15-27,29-44H,14,28H2. The van der Waals surface area contributed by atoms with Crippen molar-refractivity contribution in [2.24, 2.45) is 0 Å². The Morgan fingerprint density at radius 2 is 0.645 bits per heavy atom. The Kier molecular flexibility index (Phi) is 8.56. The molecular weight excluding hydrogens is 917 g/mol. The maximum Gasteiger partial charge on any atom is 0.0973 e. The number of rotatable bonds is 4. The largest absolute Gasteiger partial charge is 0.244 e. The molecule has 11 aromatic carbocycles. The Balaban J connectivity index is 0.776. The molecule has 0 radical (unpaired) electrons. The summed E-state index contributed by atoms with van der Waals surface area (Å²) in [6, 6.07) is 90.6. The first-order chi connectivity index (χ1) is 37.7. The Labute approximate surface area is 441 Å². The summed E-state index contributed by atoms with van der Waals surface area (Å²) in [7, 11) is 0. The van der Waals surface area contributed by atoms with E-state index in [1.807, 2.05) is 0 Å². The fourth-order valence-electron chi connectivity index (χ4n) is 14.6. The fraction of sp³-hybridized carbons (Fsp3) is 0.0541. The molecule has 12 aromatic rings. The summed E-state index contributed by atoms with van der Waals surface area (Å²) >= 11 is 0. The average molecular weight is 963 g/mol. The number of hydrogen-bond acceptors (Lipinski definition) is 2. The van der Waals surface area contributed by atoms with Gasteiger partial charge in [0.25, 0.3) is 0 Å². The normalized spacial score (nSPS) is 15.1. The molecule has 2 nitrogen and oxygen atoms in total. The highest BCUT2D eigenvalue weighted by molar-refractivity contribution is 6.00. The molecule has 76 heavy (non-hydrogen) atoms. The average Bonchev–Trinajstić information content (AvgIpc) is 4.34. The highest BCUT2D eigenvalue weighted by atomic mass is 14.8. The number of nitrogens with zero attached hydrogens (tertiary/aromatic N) is 2. The molecule has 0 N–H and O–H groups in total. The fourth-order valence-corrected chi connectivity index (χ4v) is 14.6. The van der Waals surface area contributed by atoms with E-state index in [4.69, 9.17) is 9.97 Å². The van der Waals surface area contributed by atoms with Gasteiger partial charge in [0.05, 0.1) is 33.3 Å². The topological polar surface area (TPSA) is 25.8 Å². The van der Waals surface area contributed by atoms with Crippen molar-refractivity contribution >= 4 is 27.4 Å². The number of benzene rings is 11. The molecule has 0 saturated carbocycles. The van der Waals surface area contributed by atoms with Gasteiger partial charge < -0.3 is 0 Å². The van der Waals surface area contributed by atoms with Gasteiger partial charge in [0.1, 0.15) is 0 Å². The molecule has 0 atom stereocenters. The van der Waals surface area contributed by atoms with Gasteiger partial charge >= 0.3 is 0 Å².